The minimum absolute atomic E-state index is 0.0421. The topological polar surface area (TPSA) is 138 Å². The molecule has 0 aliphatic heterocycles. The van der Waals surface area contributed by atoms with Crippen LogP contribution in [0, 0.1) is 5.82 Å². The number of hydrogen-bond acceptors (Lipinski definition) is 8. The summed E-state index contributed by atoms with van der Waals surface area (Å²) in [5.41, 5.74) is 1.24. The molecule has 1 aromatic carbocycles. The Hall–Kier alpha value is -2.99. The van der Waals surface area contributed by atoms with Crippen molar-refractivity contribution in [1.29, 1.82) is 0 Å². The number of rotatable bonds is 7. The van der Waals surface area contributed by atoms with Gasteiger partial charge in [-0.3, -0.25) is 0 Å². The summed E-state index contributed by atoms with van der Waals surface area (Å²) in [4.78, 5) is 8.33. The van der Waals surface area contributed by atoms with E-state index in [0.717, 1.165) is 6.26 Å². The van der Waals surface area contributed by atoms with E-state index in [0.29, 0.717) is 17.0 Å². The largest absolute Gasteiger partial charge is 0.346 e. The van der Waals surface area contributed by atoms with Crippen LogP contribution in [0.5, 0.6) is 0 Å². The van der Waals surface area contributed by atoms with Crippen LogP contribution in [-0.4, -0.2) is 51.8 Å². The molecule has 0 aliphatic rings. The van der Waals surface area contributed by atoms with E-state index in [4.69, 9.17) is 0 Å². The minimum Gasteiger partial charge on any atom is -0.346 e. The standard InChI is InChI=1S/C14H15FN8O2S/c1-26(24,25)18-8-12(9-2-4-11(15)5-3-9)19-14-16-6-10(7-17-14)13-20-22-23-21-13/h2-7,12,18H,8H2,1H3,(H,16,17,19)(H,20,21,22,23). The lowest BCUT2D eigenvalue weighted by molar-refractivity contribution is 0.581. The number of hydrogen-bond donors (Lipinski definition) is 3. The van der Waals surface area contributed by atoms with Crippen LogP contribution >= 0.6 is 0 Å². The predicted molar refractivity (Wildman–Crippen MR) is 90.8 cm³/mol. The van der Waals surface area contributed by atoms with Crippen molar-refractivity contribution in [3.63, 3.8) is 0 Å². The summed E-state index contributed by atoms with van der Waals surface area (Å²) < 4.78 is 38.4. The second kappa shape index (κ2) is 7.49. The zero-order valence-corrected chi connectivity index (χ0v) is 14.4. The molecule has 0 amide bonds. The average molecular weight is 378 g/mol. The fourth-order valence-electron chi connectivity index (χ4n) is 2.14. The quantitative estimate of drug-likeness (QED) is 0.540. The van der Waals surface area contributed by atoms with Crippen molar-refractivity contribution in [2.45, 2.75) is 6.04 Å². The molecule has 1 unspecified atom stereocenters. The van der Waals surface area contributed by atoms with Gasteiger partial charge in [-0.2, -0.15) is 5.21 Å². The Balaban J connectivity index is 1.79. The number of aromatic amines is 1. The summed E-state index contributed by atoms with van der Waals surface area (Å²) in [6, 6.07) is 5.21. The molecule has 0 saturated heterocycles. The molecule has 10 nitrogen and oxygen atoms in total. The number of H-pyrrole nitrogens is 1. The molecule has 3 N–H and O–H groups in total. The first-order valence-electron chi connectivity index (χ1n) is 7.43. The highest BCUT2D eigenvalue weighted by atomic mass is 32.2. The summed E-state index contributed by atoms with van der Waals surface area (Å²) in [6.45, 7) is 0.0421. The maximum Gasteiger partial charge on any atom is 0.223 e. The number of benzene rings is 1. The van der Waals surface area contributed by atoms with Crippen LogP contribution < -0.4 is 10.0 Å². The number of sulfonamides is 1. The molecule has 3 aromatic rings. The normalized spacial score (nSPS) is 12.7. The number of aromatic nitrogens is 6. The molecule has 0 radical (unpaired) electrons. The van der Waals surface area contributed by atoms with Gasteiger partial charge in [-0.15, -0.1) is 10.2 Å². The van der Waals surface area contributed by atoms with Crippen LogP contribution in [0.2, 0.25) is 0 Å². The van der Waals surface area contributed by atoms with Gasteiger partial charge in [0, 0.05) is 18.9 Å². The van der Waals surface area contributed by atoms with E-state index in [1.165, 1.54) is 24.5 Å². The summed E-state index contributed by atoms with van der Waals surface area (Å²) >= 11 is 0. The Kier molecular flexibility index (Phi) is 5.14. The lowest BCUT2D eigenvalue weighted by atomic mass is 10.1. The van der Waals surface area contributed by atoms with Gasteiger partial charge < -0.3 is 5.32 Å². The summed E-state index contributed by atoms with van der Waals surface area (Å²) in [7, 11) is -3.40. The zero-order chi connectivity index (χ0) is 18.6. The number of halogens is 1. The van der Waals surface area contributed by atoms with Crippen molar-refractivity contribution < 1.29 is 12.8 Å². The Bertz CT molecular complexity index is 946. The Morgan fingerprint density at radius 3 is 2.46 bits per heavy atom. The minimum atomic E-state index is -3.40. The SMILES string of the molecule is CS(=O)(=O)NCC(Nc1ncc(-c2nn[nH]n2)cn1)c1ccc(F)cc1. The molecular weight excluding hydrogens is 363 g/mol. The van der Waals surface area contributed by atoms with Gasteiger partial charge in [0.25, 0.3) is 0 Å². The zero-order valence-electron chi connectivity index (χ0n) is 13.6. The van der Waals surface area contributed by atoms with Crippen molar-refractivity contribution >= 4 is 16.0 Å². The van der Waals surface area contributed by atoms with Gasteiger partial charge in [-0.05, 0) is 22.9 Å². The maximum absolute atomic E-state index is 13.2. The van der Waals surface area contributed by atoms with Gasteiger partial charge in [-0.1, -0.05) is 12.1 Å². The van der Waals surface area contributed by atoms with Crippen LogP contribution in [0.25, 0.3) is 11.4 Å². The second-order valence-electron chi connectivity index (χ2n) is 5.40. The molecule has 0 spiro atoms. The Morgan fingerprint density at radius 1 is 1.19 bits per heavy atom. The molecule has 3 rings (SSSR count). The first kappa shape index (κ1) is 17.8. The molecule has 136 valence electrons. The Morgan fingerprint density at radius 2 is 1.88 bits per heavy atom. The smallest absolute Gasteiger partial charge is 0.223 e. The van der Waals surface area contributed by atoms with Gasteiger partial charge in [0.2, 0.25) is 21.8 Å². The molecule has 0 saturated carbocycles. The molecular formula is C14H15FN8O2S. The van der Waals surface area contributed by atoms with Crippen LogP contribution in [0.4, 0.5) is 10.3 Å². The summed E-state index contributed by atoms with van der Waals surface area (Å²) in [6.07, 6.45) is 4.07. The van der Waals surface area contributed by atoms with Crippen molar-refractivity contribution in [1.82, 2.24) is 35.3 Å². The first-order chi connectivity index (χ1) is 12.4. The Labute approximate surface area is 148 Å². The molecule has 1 atom stereocenters. The molecule has 26 heavy (non-hydrogen) atoms. The van der Waals surface area contributed by atoms with Crippen molar-refractivity contribution in [2.75, 3.05) is 18.1 Å². The van der Waals surface area contributed by atoms with E-state index in [1.54, 1.807) is 12.1 Å². The number of nitrogens with zero attached hydrogens (tertiary/aromatic N) is 5. The van der Waals surface area contributed by atoms with E-state index in [1.807, 2.05) is 0 Å². The fourth-order valence-corrected chi connectivity index (χ4v) is 2.61. The highest BCUT2D eigenvalue weighted by Crippen LogP contribution is 2.19. The fraction of sp³-hybridized carbons (Fsp3) is 0.214. The molecule has 0 fully saturated rings. The van der Waals surface area contributed by atoms with Gasteiger partial charge in [0.1, 0.15) is 5.82 Å². The number of nitrogens with one attached hydrogen (secondary N) is 3. The van der Waals surface area contributed by atoms with Gasteiger partial charge in [0.05, 0.1) is 17.9 Å². The lowest BCUT2D eigenvalue weighted by Crippen LogP contribution is -2.31. The maximum atomic E-state index is 13.2. The molecule has 2 aromatic heterocycles. The van der Waals surface area contributed by atoms with Crippen molar-refractivity contribution in [2.24, 2.45) is 0 Å². The van der Waals surface area contributed by atoms with Crippen LogP contribution in [-0.2, 0) is 10.0 Å². The monoisotopic (exact) mass is 378 g/mol. The first-order valence-corrected chi connectivity index (χ1v) is 9.32. The summed E-state index contributed by atoms with van der Waals surface area (Å²) in [5, 5.41) is 16.5. The third-order valence-corrected chi connectivity index (χ3v) is 4.07. The third kappa shape index (κ3) is 4.77. The van der Waals surface area contributed by atoms with Crippen LogP contribution in [0.3, 0.4) is 0 Å². The molecule has 0 aliphatic carbocycles. The molecule has 0 bridgehead atoms. The highest BCUT2D eigenvalue weighted by Gasteiger charge is 2.15. The van der Waals surface area contributed by atoms with Gasteiger partial charge in [-0.25, -0.2) is 27.5 Å². The molecule has 2 heterocycles. The second-order valence-corrected chi connectivity index (χ2v) is 7.23. The van der Waals surface area contributed by atoms with Crippen molar-refractivity contribution in [3.05, 3.63) is 48.0 Å². The van der Waals surface area contributed by atoms with Crippen LogP contribution in [0.15, 0.2) is 36.7 Å². The van der Waals surface area contributed by atoms with E-state index in [2.05, 4.69) is 40.6 Å². The number of anilines is 1. The van der Waals surface area contributed by atoms with Gasteiger partial charge in [0.15, 0.2) is 0 Å². The van der Waals surface area contributed by atoms with E-state index < -0.39 is 16.1 Å². The average Bonchev–Trinajstić information content (AvgIpc) is 3.14. The van der Waals surface area contributed by atoms with Crippen molar-refractivity contribution in [3.8, 4) is 11.4 Å². The predicted octanol–water partition coefficient (Wildman–Crippen LogP) is 0.498. The van der Waals surface area contributed by atoms with E-state index in [-0.39, 0.29) is 18.3 Å². The van der Waals surface area contributed by atoms with Gasteiger partial charge >= 0.3 is 0 Å². The highest BCUT2D eigenvalue weighted by molar-refractivity contribution is 7.88. The van der Waals surface area contributed by atoms with E-state index in [9.17, 15) is 12.8 Å². The summed E-state index contributed by atoms with van der Waals surface area (Å²) in [5.74, 6) is 0.233. The van der Waals surface area contributed by atoms with Crippen LogP contribution in [0.1, 0.15) is 11.6 Å². The van der Waals surface area contributed by atoms with E-state index >= 15 is 0 Å². The third-order valence-electron chi connectivity index (χ3n) is 3.38. The lowest BCUT2D eigenvalue weighted by Gasteiger charge is -2.19. The molecule has 12 heteroatoms. The number of tetrazole rings is 1.